The van der Waals surface area contributed by atoms with Gasteiger partial charge >= 0.3 is 5.97 Å². The normalized spacial score (nSPS) is 13.6. The van der Waals surface area contributed by atoms with Gasteiger partial charge in [-0.25, -0.2) is 4.79 Å². The molecule has 2 aromatic rings. The first kappa shape index (κ1) is 21.8. The number of ether oxygens (including phenoxy) is 2. The van der Waals surface area contributed by atoms with E-state index in [0.717, 1.165) is 6.07 Å². The molecule has 1 amide bonds. The number of rotatable bonds is 6. The number of nitro benzene ring substituents is 1. The van der Waals surface area contributed by atoms with Gasteiger partial charge in [0.2, 0.25) is 0 Å². The number of anilines is 2. The van der Waals surface area contributed by atoms with Gasteiger partial charge in [-0.05, 0) is 18.2 Å². The summed E-state index contributed by atoms with van der Waals surface area (Å²) in [5, 5.41) is 14.1. The third-order valence-electron chi connectivity index (χ3n) is 4.32. The van der Waals surface area contributed by atoms with E-state index in [1.807, 2.05) is 4.90 Å². The molecule has 0 radical (unpaired) electrons. The standard InChI is InChI=1S/C19H17Cl2N3O6/c20-14-2-1-3-15(21)18(14)22-17(25)11-30-19(26)13-10-12(24(27)28)4-5-16(13)23-6-8-29-9-7-23/h1-5,10H,6-9,11H2,(H,22,25). The summed E-state index contributed by atoms with van der Waals surface area (Å²) in [5.74, 6) is -1.52. The summed E-state index contributed by atoms with van der Waals surface area (Å²) in [6.45, 7) is 1.34. The molecule has 0 spiro atoms. The predicted octanol–water partition coefficient (Wildman–Crippen LogP) is 3.53. The van der Waals surface area contributed by atoms with E-state index < -0.39 is 23.4 Å². The molecule has 0 aliphatic carbocycles. The zero-order chi connectivity index (χ0) is 21.7. The number of carbonyl (C=O) groups is 2. The topological polar surface area (TPSA) is 111 Å². The molecule has 3 rings (SSSR count). The first-order valence-corrected chi connectivity index (χ1v) is 9.64. The lowest BCUT2D eigenvalue weighted by molar-refractivity contribution is -0.384. The molecule has 1 aliphatic rings. The molecule has 0 saturated carbocycles. The number of hydrogen-bond acceptors (Lipinski definition) is 7. The quantitative estimate of drug-likeness (QED) is 0.404. The van der Waals surface area contributed by atoms with Crippen molar-refractivity contribution < 1.29 is 24.0 Å². The summed E-state index contributed by atoms with van der Waals surface area (Å²) in [5.41, 5.74) is 0.413. The van der Waals surface area contributed by atoms with Crippen LogP contribution in [0.25, 0.3) is 0 Å². The molecule has 0 unspecified atom stereocenters. The van der Waals surface area contributed by atoms with Crippen molar-refractivity contribution in [3.63, 3.8) is 0 Å². The first-order valence-electron chi connectivity index (χ1n) is 8.89. The maximum atomic E-state index is 12.6. The fraction of sp³-hybridized carbons (Fsp3) is 0.263. The third kappa shape index (κ3) is 5.18. The van der Waals surface area contributed by atoms with E-state index in [1.54, 1.807) is 18.2 Å². The number of non-ortho nitro benzene ring substituents is 1. The summed E-state index contributed by atoms with van der Waals surface area (Å²) in [4.78, 5) is 37.2. The van der Waals surface area contributed by atoms with Crippen molar-refractivity contribution >= 4 is 52.1 Å². The van der Waals surface area contributed by atoms with Crippen LogP contribution in [-0.2, 0) is 14.3 Å². The van der Waals surface area contributed by atoms with Crippen molar-refractivity contribution in [2.24, 2.45) is 0 Å². The van der Waals surface area contributed by atoms with Crippen LogP contribution in [0, 0.1) is 10.1 Å². The largest absolute Gasteiger partial charge is 0.452 e. The van der Waals surface area contributed by atoms with Gasteiger partial charge in [0.25, 0.3) is 11.6 Å². The van der Waals surface area contributed by atoms with Gasteiger partial charge in [0.05, 0.1) is 45.1 Å². The van der Waals surface area contributed by atoms with Crippen molar-refractivity contribution in [2.45, 2.75) is 0 Å². The fourth-order valence-electron chi connectivity index (χ4n) is 2.88. The maximum absolute atomic E-state index is 12.6. The Hall–Kier alpha value is -2.88. The number of amides is 1. The number of nitro groups is 1. The molecule has 1 N–H and O–H groups in total. The van der Waals surface area contributed by atoms with E-state index in [1.165, 1.54) is 12.1 Å². The minimum Gasteiger partial charge on any atom is -0.452 e. The predicted molar refractivity (Wildman–Crippen MR) is 112 cm³/mol. The average molecular weight is 454 g/mol. The monoisotopic (exact) mass is 453 g/mol. The Morgan fingerprint density at radius 3 is 2.47 bits per heavy atom. The molecule has 2 aromatic carbocycles. The lowest BCUT2D eigenvalue weighted by atomic mass is 10.1. The van der Waals surface area contributed by atoms with Crippen LogP contribution in [0.2, 0.25) is 10.0 Å². The van der Waals surface area contributed by atoms with E-state index in [4.69, 9.17) is 32.7 Å². The summed E-state index contributed by atoms with van der Waals surface area (Å²) in [6, 6.07) is 8.66. The Morgan fingerprint density at radius 2 is 1.83 bits per heavy atom. The highest BCUT2D eigenvalue weighted by Gasteiger charge is 2.23. The van der Waals surface area contributed by atoms with Crippen LogP contribution in [-0.4, -0.2) is 49.7 Å². The molecule has 1 saturated heterocycles. The number of carbonyl (C=O) groups excluding carboxylic acids is 2. The molecule has 1 heterocycles. The maximum Gasteiger partial charge on any atom is 0.341 e. The molecule has 1 fully saturated rings. The number of nitrogens with one attached hydrogen (secondary N) is 1. The zero-order valence-electron chi connectivity index (χ0n) is 15.6. The smallest absolute Gasteiger partial charge is 0.341 e. The van der Waals surface area contributed by atoms with Crippen LogP contribution in [0.5, 0.6) is 0 Å². The van der Waals surface area contributed by atoms with Crippen LogP contribution in [0.1, 0.15) is 10.4 Å². The molecule has 158 valence electrons. The first-order chi connectivity index (χ1) is 14.4. The molecule has 1 aliphatic heterocycles. The zero-order valence-corrected chi connectivity index (χ0v) is 17.1. The van der Waals surface area contributed by atoms with Gasteiger partial charge in [0.15, 0.2) is 6.61 Å². The second-order valence-corrected chi connectivity index (χ2v) is 7.09. The highest BCUT2D eigenvalue weighted by molar-refractivity contribution is 6.39. The summed E-state index contributed by atoms with van der Waals surface area (Å²) in [6.07, 6.45) is 0. The van der Waals surface area contributed by atoms with E-state index in [0.29, 0.717) is 32.0 Å². The van der Waals surface area contributed by atoms with Crippen LogP contribution in [0.3, 0.4) is 0 Å². The average Bonchev–Trinajstić information content (AvgIpc) is 2.75. The highest BCUT2D eigenvalue weighted by Crippen LogP contribution is 2.30. The number of hydrogen-bond donors (Lipinski definition) is 1. The molecule has 0 bridgehead atoms. The molecule has 30 heavy (non-hydrogen) atoms. The van der Waals surface area contributed by atoms with Gasteiger partial charge < -0.3 is 19.7 Å². The molecular formula is C19H17Cl2N3O6. The van der Waals surface area contributed by atoms with Crippen molar-refractivity contribution in [1.29, 1.82) is 0 Å². The summed E-state index contributed by atoms with van der Waals surface area (Å²) in [7, 11) is 0. The Bertz CT molecular complexity index is 958. The molecule has 0 aromatic heterocycles. The molecule has 11 heteroatoms. The minimum absolute atomic E-state index is 0.00493. The number of para-hydroxylation sites is 1. The molecule has 0 atom stereocenters. The Balaban J connectivity index is 1.74. The SMILES string of the molecule is O=C(COC(=O)c1cc([N+](=O)[O-])ccc1N1CCOCC1)Nc1c(Cl)cccc1Cl. The highest BCUT2D eigenvalue weighted by atomic mass is 35.5. The molecular weight excluding hydrogens is 437 g/mol. The number of esters is 1. The molecule has 9 nitrogen and oxygen atoms in total. The van der Waals surface area contributed by atoms with Crippen molar-refractivity contribution in [2.75, 3.05) is 43.1 Å². The van der Waals surface area contributed by atoms with E-state index in [2.05, 4.69) is 5.32 Å². The van der Waals surface area contributed by atoms with E-state index >= 15 is 0 Å². The van der Waals surface area contributed by atoms with Gasteiger partial charge in [-0.2, -0.15) is 0 Å². The number of halogens is 2. The van der Waals surface area contributed by atoms with Gasteiger partial charge in [-0.1, -0.05) is 29.3 Å². The lowest BCUT2D eigenvalue weighted by Gasteiger charge is -2.30. The van der Waals surface area contributed by atoms with Crippen molar-refractivity contribution in [1.82, 2.24) is 0 Å². The number of nitrogens with zero attached hydrogens (tertiary/aromatic N) is 2. The van der Waals surface area contributed by atoms with Crippen molar-refractivity contribution in [3.05, 3.63) is 62.1 Å². The fourth-order valence-corrected chi connectivity index (χ4v) is 3.37. The second kappa shape index (κ2) is 9.75. The summed E-state index contributed by atoms with van der Waals surface area (Å²) < 4.78 is 10.4. The summed E-state index contributed by atoms with van der Waals surface area (Å²) >= 11 is 12.0. The van der Waals surface area contributed by atoms with Crippen LogP contribution >= 0.6 is 23.2 Å². The Morgan fingerprint density at radius 1 is 1.17 bits per heavy atom. The Kier molecular flexibility index (Phi) is 7.09. The van der Waals surface area contributed by atoms with Gasteiger partial charge in [0.1, 0.15) is 0 Å². The third-order valence-corrected chi connectivity index (χ3v) is 4.95. The van der Waals surface area contributed by atoms with Crippen LogP contribution in [0.15, 0.2) is 36.4 Å². The van der Waals surface area contributed by atoms with Gasteiger partial charge in [0, 0.05) is 25.2 Å². The lowest BCUT2D eigenvalue weighted by Crippen LogP contribution is -2.37. The van der Waals surface area contributed by atoms with Crippen LogP contribution in [0.4, 0.5) is 17.1 Å². The minimum atomic E-state index is -0.861. The Labute approximate surface area is 181 Å². The van der Waals surface area contributed by atoms with Gasteiger partial charge in [-0.15, -0.1) is 0 Å². The number of benzene rings is 2. The van der Waals surface area contributed by atoms with E-state index in [9.17, 15) is 19.7 Å². The van der Waals surface area contributed by atoms with E-state index in [-0.39, 0.29) is 27.0 Å². The second-order valence-electron chi connectivity index (χ2n) is 6.28. The van der Waals surface area contributed by atoms with Crippen LogP contribution < -0.4 is 10.2 Å². The number of morpholine rings is 1. The van der Waals surface area contributed by atoms with Gasteiger partial charge in [-0.3, -0.25) is 14.9 Å². The van der Waals surface area contributed by atoms with Crippen molar-refractivity contribution in [3.8, 4) is 0 Å².